The van der Waals surface area contributed by atoms with E-state index in [2.05, 4.69) is 25.8 Å². The molecular formula is C13H13BrF3NO2. The second-order valence-corrected chi connectivity index (χ2v) is 6.00. The third-order valence-corrected chi connectivity index (χ3v) is 3.99. The molecule has 0 bridgehead atoms. The predicted octanol–water partition coefficient (Wildman–Crippen LogP) is 4.36. The Morgan fingerprint density at radius 2 is 2.20 bits per heavy atom. The van der Waals surface area contributed by atoms with Gasteiger partial charge in [0.15, 0.2) is 0 Å². The molecule has 1 aromatic carbocycles. The number of rotatable bonds is 3. The molecule has 0 aromatic heterocycles. The van der Waals surface area contributed by atoms with Gasteiger partial charge in [-0.15, -0.1) is 13.2 Å². The van der Waals surface area contributed by atoms with Gasteiger partial charge in [-0.25, -0.2) is 0 Å². The Balaban J connectivity index is 2.26. The highest BCUT2D eigenvalue weighted by Crippen LogP contribution is 2.43. The van der Waals surface area contributed by atoms with Gasteiger partial charge in [0.2, 0.25) is 0 Å². The van der Waals surface area contributed by atoms with Gasteiger partial charge < -0.3 is 9.94 Å². The molecule has 0 spiro atoms. The van der Waals surface area contributed by atoms with Gasteiger partial charge >= 0.3 is 6.36 Å². The highest BCUT2D eigenvalue weighted by molar-refractivity contribution is 9.18. The van der Waals surface area contributed by atoms with Crippen LogP contribution in [0, 0.1) is 0 Å². The van der Waals surface area contributed by atoms with Crippen LogP contribution in [0.15, 0.2) is 23.4 Å². The number of hydrogen-bond acceptors (Lipinski definition) is 3. The van der Waals surface area contributed by atoms with Crippen molar-refractivity contribution in [3.05, 3.63) is 29.3 Å². The molecule has 1 aliphatic rings. The van der Waals surface area contributed by atoms with Gasteiger partial charge in [-0.2, -0.15) is 0 Å². The van der Waals surface area contributed by atoms with Gasteiger partial charge in [-0.3, -0.25) is 0 Å². The third-order valence-electron chi connectivity index (χ3n) is 3.55. The molecule has 20 heavy (non-hydrogen) atoms. The number of oxime groups is 1. The fraction of sp³-hybridized carbons (Fsp3) is 0.462. The van der Waals surface area contributed by atoms with Crippen molar-refractivity contribution < 1.29 is 23.1 Å². The minimum Gasteiger partial charge on any atom is -0.410 e. The van der Waals surface area contributed by atoms with Crippen LogP contribution in [-0.4, -0.2) is 16.2 Å². The normalized spacial score (nSPS) is 22.8. The summed E-state index contributed by atoms with van der Waals surface area (Å²) < 4.78 is 40.9. The number of ether oxygens (including phenoxy) is 1. The first-order chi connectivity index (χ1) is 9.23. The number of hydrogen-bond donors (Lipinski definition) is 1. The maximum atomic E-state index is 12.2. The van der Waals surface area contributed by atoms with E-state index in [4.69, 9.17) is 5.21 Å². The van der Waals surface area contributed by atoms with E-state index in [0.717, 1.165) is 17.5 Å². The van der Waals surface area contributed by atoms with Crippen molar-refractivity contribution in [3.63, 3.8) is 0 Å². The van der Waals surface area contributed by atoms with Gasteiger partial charge in [-0.1, -0.05) is 18.1 Å². The fourth-order valence-electron chi connectivity index (χ4n) is 2.65. The molecule has 0 amide bonds. The summed E-state index contributed by atoms with van der Waals surface area (Å²) in [5.74, 6) is -0.199. The van der Waals surface area contributed by atoms with Gasteiger partial charge in [0.25, 0.3) is 0 Å². The van der Waals surface area contributed by atoms with Crippen LogP contribution in [0.1, 0.15) is 30.9 Å². The molecule has 1 aliphatic carbocycles. The molecule has 0 unspecified atom stereocenters. The minimum atomic E-state index is -4.68. The monoisotopic (exact) mass is 351 g/mol. The van der Waals surface area contributed by atoms with Crippen molar-refractivity contribution >= 4 is 20.6 Å². The van der Waals surface area contributed by atoms with Crippen LogP contribution in [-0.2, 0) is 11.8 Å². The van der Waals surface area contributed by atoms with Crippen molar-refractivity contribution in [2.24, 2.45) is 5.16 Å². The maximum absolute atomic E-state index is 12.2. The van der Waals surface area contributed by atoms with Gasteiger partial charge in [0.1, 0.15) is 10.4 Å². The molecule has 0 fully saturated rings. The first kappa shape index (κ1) is 15.2. The maximum Gasteiger partial charge on any atom is 0.573 e. The second kappa shape index (κ2) is 5.27. The van der Waals surface area contributed by atoms with E-state index >= 15 is 0 Å². The van der Waals surface area contributed by atoms with E-state index in [1.54, 1.807) is 6.07 Å². The summed E-state index contributed by atoms with van der Waals surface area (Å²) in [5, 5.41) is 11.8. The Hall–Kier alpha value is -1.24. The molecule has 110 valence electrons. The van der Waals surface area contributed by atoms with Gasteiger partial charge in [0, 0.05) is 6.42 Å². The molecule has 0 heterocycles. The second-order valence-electron chi connectivity index (χ2n) is 5.08. The zero-order valence-corrected chi connectivity index (χ0v) is 12.3. The Morgan fingerprint density at radius 3 is 2.80 bits per heavy atom. The average molecular weight is 352 g/mol. The largest absolute Gasteiger partial charge is 0.573 e. The summed E-state index contributed by atoms with van der Waals surface area (Å²) >= 11 is 3.15. The molecule has 1 atom stereocenters. The summed E-state index contributed by atoms with van der Waals surface area (Å²) in [6.45, 7) is 2.00. The molecule has 1 N–H and O–H groups in total. The lowest BCUT2D eigenvalue weighted by molar-refractivity contribution is -0.274. The molecule has 0 radical (unpaired) electrons. The number of aryl methyl sites for hydroxylation is 1. The Labute approximate surface area is 122 Å². The minimum absolute atomic E-state index is 0.199. The van der Waals surface area contributed by atoms with Crippen LogP contribution in [0.4, 0.5) is 13.2 Å². The van der Waals surface area contributed by atoms with Crippen LogP contribution in [0.5, 0.6) is 5.75 Å². The van der Waals surface area contributed by atoms with Crippen molar-refractivity contribution in [1.29, 1.82) is 0 Å². The Kier molecular flexibility index (Phi) is 4.00. The lowest BCUT2D eigenvalue weighted by atomic mass is 9.81. The van der Waals surface area contributed by atoms with Crippen molar-refractivity contribution in [2.45, 2.75) is 38.0 Å². The van der Waals surface area contributed by atoms with Crippen LogP contribution in [0.25, 0.3) is 0 Å². The SMILES string of the molecule is C[C@@]1(C/C(Br)=N\O)CCc2cc(OC(F)(F)F)ccc21. The molecule has 2 rings (SSSR count). The molecule has 0 saturated heterocycles. The highest BCUT2D eigenvalue weighted by Gasteiger charge is 2.36. The molecule has 0 saturated carbocycles. The van der Waals surface area contributed by atoms with Crippen LogP contribution < -0.4 is 4.74 Å². The van der Waals surface area contributed by atoms with E-state index in [1.807, 2.05) is 6.92 Å². The van der Waals surface area contributed by atoms with E-state index < -0.39 is 6.36 Å². The number of benzene rings is 1. The number of alkyl halides is 3. The van der Waals surface area contributed by atoms with Crippen LogP contribution in [0.2, 0.25) is 0 Å². The zero-order chi connectivity index (χ0) is 15.0. The number of nitrogens with zero attached hydrogens (tertiary/aromatic N) is 1. The first-order valence-corrected chi connectivity index (χ1v) is 6.78. The summed E-state index contributed by atoms with van der Waals surface area (Å²) in [6, 6.07) is 4.40. The van der Waals surface area contributed by atoms with Crippen LogP contribution in [0.3, 0.4) is 0 Å². The molecule has 0 aliphatic heterocycles. The summed E-state index contributed by atoms with van der Waals surface area (Å²) in [7, 11) is 0. The fourth-order valence-corrected chi connectivity index (χ4v) is 3.27. The predicted molar refractivity (Wildman–Crippen MR) is 71.6 cm³/mol. The molecule has 3 nitrogen and oxygen atoms in total. The van der Waals surface area contributed by atoms with E-state index in [1.165, 1.54) is 12.1 Å². The quantitative estimate of drug-likeness (QED) is 0.499. The van der Waals surface area contributed by atoms with Crippen molar-refractivity contribution in [3.8, 4) is 5.75 Å². The highest BCUT2D eigenvalue weighted by atomic mass is 79.9. The number of fused-ring (bicyclic) bond motifs is 1. The van der Waals surface area contributed by atoms with E-state index in [0.29, 0.717) is 17.5 Å². The van der Waals surface area contributed by atoms with Crippen molar-refractivity contribution in [1.82, 2.24) is 0 Å². The van der Waals surface area contributed by atoms with Crippen molar-refractivity contribution in [2.75, 3.05) is 0 Å². The molecule has 7 heteroatoms. The molecular weight excluding hydrogens is 339 g/mol. The zero-order valence-electron chi connectivity index (χ0n) is 10.7. The third kappa shape index (κ3) is 3.26. The summed E-state index contributed by atoms with van der Waals surface area (Å²) in [6.07, 6.45) is -2.73. The smallest absolute Gasteiger partial charge is 0.410 e. The Bertz CT molecular complexity index is 545. The van der Waals surface area contributed by atoms with Crippen LogP contribution >= 0.6 is 15.9 Å². The lowest BCUT2D eigenvalue weighted by Gasteiger charge is -2.24. The standard InChI is InChI=1S/C13H13BrF3NO2/c1-12(7-11(14)18-19)5-4-8-6-9(2-3-10(8)12)20-13(15,16)17/h2-3,6,19H,4-5,7H2,1H3/b18-11+/t12-/m0/s1. The lowest BCUT2D eigenvalue weighted by Crippen LogP contribution is -2.21. The average Bonchev–Trinajstić information content (AvgIpc) is 2.64. The molecule has 1 aromatic rings. The summed E-state index contributed by atoms with van der Waals surface area (Å²) in [4.78, 5) is 0. The van der Waals surface area contributed by atoms with Gasteiger partial charge in [-0.05, 0) is 57.4 Å². The van der Waals surface area contributed by atoms with E-state index in [-0.39, 0.29) is 11.2 Å². The first-order valence-electron chi connectivity index (χ1n) is 5.99. The van der Waals surface area contributed by atoms with Gasteiger partial charge in [0.05, 0.1) is 0 Å². The number of halogens is 4. The topological polar surface area (TPSA) is 41.8 Å². The summed E-state index contributed by atoms with van der Waals surface area (Å²) in [5.41, 5.74) is 1.55. The van der Waals surface area contributed by atoms with E-state index in [9.17, 15) is 13.2 Å². The Morgan fingerprint density at radius 1 is 1.50 bits per heavy atom.